The molecule has 0 aliphatic heterocycles. The molecule has 0 saturated heterocycles. The minimum atomic E-state index is -0.273. The maximum atomic E-state index is 13.0. The van der Waals surface area contributed by atoms with Crippen molar-refractivity contribution in [2.75, 3.05) is 10.6 Å². The van der Waals surface area contributed by atoms with Gasteiger partial charge in [0.2, 0.25) is 10.1 Å². The molecular weight excluding hydrogens is 446 g/mol. The monoisotopic (exact) mass is 469 g/mol. The first-order chi connectivity index (χ1) is 16.4. The Labute approximate surface area is 200 Å². The van der Waals surface area contributed by atoms with Crippen LogP contribution in [0, 0.1) is 6.92 Å². The minimum absolute atomic E-state index is 0.257. The molecular formula is C26H23N5O2S. The van der Waals surface area contributed by atoms with Crippen molar-refractivity contribution in [3.63, 3.8) is 0 Å². The number of anilines is 3. The zero-order valence-electron chi connectivity index (χ0n) is 19.0. The zero-order chi connectivity index (χ0) is 23.8. The summed E-state index contributed by atoms with van der Waals surface area (Å²) in [6.45, 7) is 6.25. The van der Waals surface area contributed by atoms with Crippen molar-refractivity contribution in [3.8, 4) is 0 Å². The fourth-order valence-electron chi connectivity index (χ4n) is 3.68. The van der Waals surface area contributed by atoms with E-state index in [1.807, 2.05) is 55.5 Å². The van der Waals surface area contributed by atoms with Crippen molar-refractivity contribution < 1.29 is 4.79 Å². The number of benzene rings is 3. The average Bonchev–Trinajstić information content (AvgIpc) is 3.23. The third kappa shape index (κ3) is 4.15. The van der Waals surface area contributed by atoms with Crippen molar-refractivity contribution in [2.24, 2.45) is 0 Å². The van der Waals surface area contributed by atoms with E-state index in [-0.39, 0.29) is 11.5 Å². The number of aromatic nitrogens is 3. The van der Waals surface area contributed by atoms with Gasteiger partial charge in [-0.3, -0.25) is 9.59 Å². The Bertz CT molecular complexity index is 1590. The molecule has 2 heterocycles. The topological polar surface area (TPSA) is 88.4 Å². The van der Waals surface area contributed by atoms with Crippen LogP contribution in [0.2, 0.25) is 0 Å². The highest BCUT2D eigenvalue weighted by atomic mass is 32.1. The first-order valence-corrected chi connectivity index (χ1v) is 11.8. The molecule has 0 atom stereocenters. The van der Waals surface area contributed by atoms with Gasteiger partial charge in [0, 0.05) is 16.9 Å². The predicted octanol–water partition coefficient (Wildman–Crippen LogP) is 5.73. The molecule has 0 fully saturated rings. The number of nitrogens with zero attached hydrogens (tertiary/aromatic N) is 3. The van der Waals surface area contributed by atoms with Gasteiger partial charge in [0.05, 0.1) is 10.9 Å². The normalized spacial score (nSPS) is 11.3. The molecule has 0 saturated carbocycles. The Morgan fingerprint density at radius 2 is 1.79 bits per heavy atom. The number of nitrogens with one attached hydrogen (secondary N) is 2. The van der Waals surface area contributed by atoms with Gasteiger partial charge in [0.15, 0.2) is 0 Å². The molecule has 170 valence electrons. The van der Waals surface area contributed by atoms with Gasteiger partial charge in [0.1, 0.15) is 0 Å². The highest BCUT2D eigenvalue weighted by Crippen LogP contribution is 2.25. The van der Waals surface area contributed by atoms with Crippen molar-refractivity contribution in [1.82, 2.24) is 14.6 Å². The van der Waals surface area contributed by atoms with Crippen LogP contribution in [-0.2, 0) is 0 Å². The molecule has 8 heteroatoms. The third-order valence-corrected chi connectivity index (χ3v) is 6.50. The van der Waals surface area contributed by atoms with Crippen LogP contribution in [0.5, 0.6) is 0 Å². The van der Waals surface area contributed by atoms with Crippen molar-refractivity contribution in [1.29, 1.82) is 0 Å². The predicted molar refractivity (Wildman–Crippen MR) is 138 cm³/mol. The van der Waals surface area contributed by atoms with Crippen LogP contribution in [0.4, 0.5) is 16.5 Å². The van der Waals surface area contributed by atoms with Crippen LogP contribution >= 0.6 is 11.3 Å². The van der Waals surface area contributed by atoms with Crippen LogP contribution in [0.15, 0.2) is 71.5 Å². The largest absolute Gasteiger partial charge is 0.330 e. The summed E-state index contributed by atoms with van der Waals surface area (Å²) in [5.41, 5.74) is 4.52. The molecule has 5 rings (SSSR count). The molecule has 3 aromatic carbocycles. The Kier molecular flexibility index (Phi) is 5.59. The van der Waals surface area contributed by atoms with Crippen molar-refractivity contribution in [3.05, 3.63) is 93.8 Å². The number of carbonyl (C=O) groups is 1. The van der Waals surface area contributed by atoms with E-state index in [9.17, 15) is 9.59 Å². The average molecular weight is 470 g/mol. The van der Waals surface area contributed by atoms with E-state index in [1.165, 1.54) is 21.4 Å². The van der Waals surface area contributed by atoms with E-state index in [0.717, 1.165) is 11.3 Å². The number of amides is 1. The van der Waals surface area contributed by atoms with Gasteiger partial charge in [0.25, 0.3) is 11.5 Å². The van der Waals surface area contributed by atoms with E-state index in [0.29, 0.717) is 38.2 Å². The first kappa shape index (κ1) is 21.8. The summed E-state index contributed by atoms with van der Waals surface area (Å²) in [7, 11) is 0. The smallest absolute Gasteiger partial charge is 0.283 e. The summed E-state index contributed by atoms with van der Waals surface area (Å²) < 4.78 is 1.30. The first-order valence-electron chi connectivity index (χ1n) is 11.0. The van der Waals surface area contributed by atoms with Crippen molar-refractivity contribution in [2.45, 2.75) is 26.7 Å². The lowest BCUT2D eigenvalue weighted by atomic mass is 10.0. The van der Waals surface area contributed by atoms with Gasteiger partial charge in [-0.15, -0.1) is 5.10 Å². The van der Waals surface area contributed by atoms with Gasteiger partial charge >= 0.3 is 0 Å². The van der Waals surface area contributed by atoms with Crippen LogP contribution in [0.1, 0.15) is 41.3 Å². The summed E-state index contributed by atoms with van der Waals surface area (Å²) in [6, 6.07) is 20.6. The third-order valence-electron chi connectivity index (χ3n) is 5.68. The second-order valence-electron chi connectivity index (χ2n) is 8.42. The van der Waals surface area contributed by atoms with Crippen LogP contribution < -0.4 is 16.2 Å². The van der Waals surface area contributed by atoms with Gasteiger partial charge < -0.3 is 10.6 Å². The lowest BCUT2D eigenvalue weighted by molar-refractivity contribution is 0.102. The number of carbonyl (C=O) groups excluding carboxylic acids is 1. The number of hydrogen-bond acceptors (Lipinski definition) is 6. The maximum Gasteiger partial charge on any atom is 0.283 e. The summed E-state index contributed by atoms with van der Waals surface area (Å²) >= 11 is 1.28. The number of para-hydroxylation sites is 1. The lowest BCUT2D eigenvalue weighted by Crippen LogP contribution is -2.16. The van der Waals surface area contributed by atoms with Crippen LogP contribution in [0.3, 0.4) is 0 Å². The van der Waals surface area contributed by atoms with E-state index in [4.69, 9.17) is 0 Å². The number of fused-ring (bicyclic) bond motifs is 2. The Morgan fingerprint density at radius 3 is 2.53 bits per heavy atom. The summed E-state index contributed by atoms with van der Waals surface area (Å²) in [6.07, 6.45) is 0. The molecule has 5 aromatic rings. The SMILES string of the molecule is Cc1ccccc1Nc1nn2c(=O)c3ccc(C(=O)Nc4ccc(C(C)C)cc4)cc3nc2s1. The summed E-state index contributed by atoms with van der Waals surface area (Å²) in [4.78, 5) is 30.9. The molecule has 1 amide bonds. The Morgan fingerprint density at radius 1 is 1.03 bits per heavy atom. The number of rotatable bonds is 5. The summed E-state index contributed by atoms with van der Waals surface area (Å²) in [5, 5.41) is 11.5. The van der Waals surface area contributed by atoms with E-state index in [1.54, 1.807) is 18.2 Å². The highest BCUT2D eigenvalue weighted by Gasteiger charge is 2.14. The molecule has 2 N–H and O–H groups in total. The standard InChI is InChI=1S/C26H23N5O2S/c1-15(2)17-8-11-19(12-9-17)27-23(32)18-10-13-20-22(14-18)29-26-31(24(20)33)30-25(34-26)28-21-7-5-4-6-16(21)3/h4-15H,1-3H3,(H,27,32)(H,28,30). The van der Waals surface area contributed by atoms with E-state index >= 15 is 0 Å². The molecule has 0 radical (unpaired) electrons. The molecule has 0 bridgehead atoms. The molecule has 34 heavy (non-hydrogen) atoms. The fraction of sp³-hybridized carbons (Fsp3) is 0.154. The van der Waals surface area contributed by atoms with Gasteiger partial charge in [-0.25, -0.2) is 4.98 Å². The minimum Gasteiger partial charge on any atom is -0.330 e. The Hall–Kier alpha value is -4.04. The van der Waals surface area contributed by atoms with Crippen molar-refractivity contribution >= 4 is 49.6 Å². The quantitative estimate of drug-likeness (QED) is 0.343. The molecule has 0 aliphatic rings. The number of aryl methyl sites for hydroxylation is 1. The zero-order valence-corrected chi connectivity index (χ0v) is 19.8. The molecule has 0 unspecified atom stereocenters. The second kappa shape index (κ2) is 8.72. The number of hydrogen-bond donors (Lipinski definition) is 2. The second-order valence-corrected chi connectivity index (χ2v) is 9.38. The van der Waals surface area contributed by atoms with Crippen LogP contribution in [-0.4, -0.2) is 20.5 Å². The maximum absolute atomic E-state index is 13.0. The van der Waals surface area contributed by atoms with E-state index < -0.39 is 0 Å². The highest BCUT2D eigenvalue weighted by molar-refractivity contribution is 7.20. The lowest BCUT2D eigenvalue weighted by Gasteiger charge is -2.09. The van der Waals surface area contributed by atoms with Crippen LogP contribution in [0.25, 0.3) is 15.9 Å². The Balaban J connectivity index is 1.45. The molecule has 7 nitrogen and oxygen atoms in total. The summed E-state index contributed by atoms with van der Waals surface area (Å²) in [5.74, 6) is 0.166. The molecule has 0 spiro atoms. The van der Waals surface area contributed by atoms with Gasteiger partial charge in [-0.2, -0.15) is 4.52 Å². The molecule has 0 aliphatic carbocycles. The van der Waals surface area contributed by atoms with Gasteiger partial charge in [-0.1, -0.05) is 55.5 Å². The van der Waals surface area contributed by atoms with E-state index in [2.05, 4.69) is 34.6 Å². The fourth-order valence-corrected chi connectivity index (χ4v) is 4.49. The molecule has 2 aromatic heterocycles. The van der Waals surface area contributed by atoms with Gasteiger partial charge in [-0.05, 0) is 60.4 Å².